The van der Waals surface area contributed by atoms with E-state index in [1.54, 1.807) is 27.2 Å². The Labute approximate surface area is 165 Å². The lowest BCUT2D eigenvalue weighted by molar-refractivity contribution is 0.00578. The van der Waals surface area contributed by atoms with E-state index in [0.29, 0.717) is 11.0 Å². The number of fused-ring (bicyclic) bond motifs is 1. The minimum atomic E-state index is -0.616. The predicted octanol–water partition coefficient (Wildman–Crippen LogP) is 2.68. The SMILES string of the molecule is CNc1cc2oc(C(C)=O)c(C(=O)N(C)C)c2cc1B1OC(C)(C)C(C)(C)O1. The molecular weight excluding hydrogens is 359 g/mol. The largest absolute Gasteiger partial charge is 0.496 e. The van der Waals surface area contributed by atoms with Gasteiger partial charge in [0.2, 0.25) is 0 Å². The van der Waals surface area contributed by atoms with Crippen molar-refractivity contribution in [2.75, 3.05) is 26.5 Å². The van der Waals surface area contributed by atoms with Gasteiger partial charge in [0, 0.05) is 50.7 Å². The summed E-state index contributed by atoms with van der Waals surface area (Å²) in [6.45, 7) is 9.32. The molecule has 0 radical (unpaired) electrons. The van der Waals surface area contributed by atoms with Gasteiger partial charge in [0.25, 0.3) is 5.91 Å². The van der Waals surface area contributed by atoms with Crippen LogP contribution < -0.4 is 10.8 Å². The van der Waals surface area contributed by atoms with Gasteiger partial charge in [-0.3, -0.25) is 9.59 Å². The molecule has 150 valence electrons. The molecule has 1 N–H and O–H groups in total. The van der Waals surface area contributed by atoms with Gasteiger partial charge >= 0.3 is 7.12 Å². The minimum Gasteiger partial charge on any atom is -0.452 e. The monoisotopic (exact) mass is 386 g/mol. The number of nitrogens with zero attached hydrogens (tertiary/aromatic N) is 1. The zero-order valence-corrected chi connectivity index (χ0v) is 17.7. The number of benzene rings is 1. The number of carbonyl (C=O) groups excluding carboxylic acids is 2. The van der Waals surface area contributed by atoms with Crippen molar-refractivity contribution in [1.29, 1.82) is 0 Å². The number of hydrogen-bond acceptors (Lipinski definition) is 6. The van der Waals surface area contributed by atoms with Gasteiger partial charge in [-0.15, -0.1) is 0 Å². The summed E-state index contributed by atoms with van der Waals surface area (Å²) in [5, 5.41) is 3.69. The van der Waals surface area contributed by atoms with E-state index in [0.717, 1.165) is 11.2 Å². The van der Waals surface area contributed by atoms with E-state index in [1.807, 2.05) is 33.8 Å². The second kappa shape index (κ2) is 6.63. The highest BCUT2D eigenvalue weighted by atomic mass is 16.7. The summed E-state index contributed by atoms with van der Waals surface area (Å²) in [4.78, 5) is 26.3. The summed E-state index contributed by atoms with van der Waals surface area (Å²) in [5.41, 5.74) is 1.21. The molecule has 3 rings (SSSR count). The summed E-state index contributed by atoms with van der Waals surface area (Å²) in [6.07, 6.45) is 0. The van der Waals surface area contributed by atoms with E-state index < -0.39 is 18.3 Å². The summed E-state index contributed by atoms with van der Waals surface area (Å²) in [5.74, 6) is -0.535. The van der Waals surface area contributed by atoms with Crippen LogP contribution >= 0.6 is 0 Å². The molecule has 0 aliphatic carbocycles. The van der Waals surface area contributed by atoms with E-state index in [2.05, 4.69) is 5.32 Å². The van der Waals surface area contributed by atoms with Crippen LogP contribution in [0.5, 0.6) is 0 Å². The molecule has 2 aromatic rings. The molecule has 0 bridgehead atoms. The number of Topliss-reactive ketones (excluding diaryl/α,β-unsaturated/α-hetero) is 1. The maximum Gasteiger partial charge on any atom is 0.496 e. The van der Waals surface area contributed by atoms with Crippen molar-refractivity contribution in [2.45, 2.75) is 45.8 Å². The summed E-state index contributed by atoms with van der Waals surface area (Å²) >= 11 is 0. The van der Waals surface area contributed by atoms with Crippen molar-refractivity contribution in [1.82, 2.24) is 4.90 Å². The average molecular weight is 386 g/mol. The van der Waals surface area contributed by atoms with E-state index in [4.69, 9.17) is 13.7 Å². The highest BCUT2D eigenvalue weighted by molar-refractivity contribution is 6.64. The number of hydrogen-bond donors (Lipinski definition) is 1. The molecule has 1 fully saturated rings. The fourth-order valence-electron chi connectivity index (χ4n) is 3.23. The third-order valence-corrected chi connectivity index (χ3v) is 5.58. The van der Waals surface area contributed by atoms with Crippen molar-refractivity contribution in [3.63, 3.8) is 0 Å². The second-order valence-corrected chi connectivity index (χ2v) is 8.34. The number of amides is 1. The maximum absolute atomic E-state index is 12.8. The molecule has 1 saturated heterocycles. The number of furan rings is 1. The highest BCUT2D eigenvalue weighted by Crippen LogP contribution is 2.38. The first kappa shape index (κ1) is 20.4. The maximum atomic E-state index is 12.8. The zero-order valence-electron chi connectivity index (χ0n) is 17.7. The van der Waals surface area contributed by atoms with Crippen LogP contribution in [-0.4, -0.2) is 56.1 Å². The first-order valence-electron chi connectivity index (χ1n) is 9.26. The zero-order chi connectivity index (χ0) is 21.0. The molecule has 0 spiro atoms. The van der Waals surface area contributed by atoms with Gasteiger partial charge in [0.05, 0.1) is 16.8 Å². The number of carbonyl (C=O) groups is 2. The molecule has 0 atom stereocenters. The lowest BCUT2D eigenvalue weighted by Gasteiger charge is -2.32. The fraction of sp³-hybridized carbons (Fsp3) is 0.500. The van der Waals surface area contributed by atoms with Gasteiger partial charge in [0.1, 0.15) is 5.58 Å². The Morgan fingerprint density at radius 1 is 1.07 bits per heavy atom. The van der Waals surface area contributed by atoms with Crippen molar-refractivity contribution in [3.8, 4) is 0 Å². The first-order valence-corrected chi connectivity index (χ1v) is 9.26. The molecule has 2 heterocycles. The van der Waals surface area contributed by atoms with Crippen LogP contribution in [0.2, 0.25) is 0 Å². The van der Waals surface area contributed by atoms with Gasteiger partial charge in [0.15, 0.2) is 11.5 Å². The number of nitrogens with one attached hydrogen (secondary N) is 1. The molecule has 8 heteroatoms. The summed E-state index contributed by atoms with van der Waals surface area (Å²) in [6, 6.07) is 3.59. The highest BCUT2D eigenvalue weighted by Gasteiger charge is 2.52. The van der Waals surface area contributed by atoms with Crippen LogP contribution in [0.25, 0.3) is 11.0 Å². The third kappa shape index (κ3) is 3.10. The molecule has 1 aromatic carbocycles. The average Bonchev–Trinajstić information content (AvgIpc) is 3.06. The van der Waals surface area contributed by atoms with Gasteiger partial charge in [-0.25, -0.2) is 0 Å². The second-order valence-electron chi connectivity index (χ2n) is 8.34. The normalized spacial score (nSPS) is 17.8. The van der Waals surface area contributed by atoms with Crippen molar-refractivity contribution in [2.24, 2.45) is 0 Å². The van der Waals surface area contributed by atoms with Crippen LogP contribution in [0, 0.1) is 0 Å². The fourth-order valence-corrected chi connectivity index (χ4v) is 3.23. The molecule has 28 heavy (non-hydrogen) atoms. The van der Waals surface area contributed by atoms with E-state index in [1.165, 1.54) is 11.8 Å². The Balaban J connectivity index is 2.24. The first-order chi connectivity index (χ1) is 12.9. The Hall–Kier alpha value is -2.32. The molecule has 0 saturated carbocycles. The van der Waals surface area contributed by atoms with Crippen molar-refractivity contribution < 1.29 is 23.3 Å². The molecule has 7 nitrogen and oxygen atoms in total. The predicted molar refractivity (Wildman–Crippen MR) is 109 cm³/mol. The van der Waals surface area contributed by atoms with Gasteiger partial charge in [-0.2, -0.15) is 0 Å². The van der Waals surface area contributed by atoms with Crippen LogP contribution in [0.4, 0.5) is 5.69 Å². The topological polar surface area (TPSA) is 81.0 Å². The van der Waals surface area contributed by atoms with Crippen molar-refractivity contribution in [3.05, 3.63) is 23.5 Å². The number of rotatable bonds is 4. The van der Waals surface area contributed by atoms with Gasteiger partial charge in [-0.1, -0.05) is 0 Å². The minimum absolute atomic E-state index is 0.0572. The Morgan fingerprint density at radius 3 is 2.11 bits per heavy atom. The lowest BCUT2D eigenvalue weighted by Crippen LogP contribution is -2.41. The third-order valence-electron chi connectivity index (χ3n) is 5.58. The summed E-state index contributed by atoms with van der Waals surface area (Å²) < 4.78 is 18.1. The number of anilines is 1. The Bertz CT molecular complexity index is 945. The number of ketones is 1. The summed E-state index contributed by atoms with van der Waals surface area (Å²) in [7, 11) is 4.45. The van der Waals surface area contributed by atoms with Gasteiger partial charge in [-0.05, 0) is 33.8 Å². The van der Waals surface area contributed by atoms with Crippen LogP contribution in [0.3, 0.4) is 0 Å². The Morgan fingerprint density at radius 2 is 1.64 bits per heavy atom. The van der Waals surface area contributed by atoms with Crippen LogP contribution in [-0.2, 0) is 9.31 Å². The molecular formula is C20H27BN2O5. The van der Waals surface area contributed by atoms with E-state index >= 15 is 0 Å². The molecule has 1 amide bonds. The van der Waals surface area contributed by atoms with E-state index in [9.17, 15) is 9.59 Å². The molecule has 1 aromatic heterocycles. The van der Waals surface area contributed by atoms with Gasteiger partial charge < -0.3 is 23.9 Å². The standard InChI is InChI=1S/C20H27BN2O5/c1-11(24)17-16(18(25)23(7)8)12-9-13(14(22-6)10-15(12)26-17)21-27-19(2,3)20(4,5)28-21/h9-10,22H,1-8H3. The quantitative estimate of drug-likeness (QED) is 0.643. The molecule has 0 unspecified atom stereocenters. The lowest BCUT2D eigenvalue weighted by atomic mass is 9.77. The van der Waals surface area contributed by atoms with E-state index in [-0.39, 0.29) is 23.0 Å². The smallest absolute Gasteiger partial charge is 0.452 e. The van der Waals surface area contributed by atoms with Crippen LogP contribution in [0.1, 0.15) is 55.5 Å². The van der Waals surface area contributed by atoms with Crippen LogP contribution in [0.15, 0.2) is 16.5 Å². The molecule has 1 aliphatic heterocycles. The van der Waals surface area contributed by atoms with Crippen molar-refractivity contribution >= 4 is 40.9 Å². The molecule has 1 aliphatic rings. The Kier molecular flexibility index (Phi) is 4.84.